The first-order valence-corrected chi connectivity index (χ1v) is 6.23. The number of hydrogen-bond acceptors (Lipinski definition) is 2. The fourth-order valence-electron chi connectivity index (χ4n) is 1.21. The summed E-state index contributed by atoms with van der Waals surface area (Å²) in [6.45, 7) is 4.51. The molecule has 0 fully saturated rings. The van der Waals surface area contributed by atoms with Gasteiger partial charge in [-0.15, -0.1) is 0 Å². The molecule has 0 aromatic heterocycles. The molecule has 0 atom stereocenters. The van der Waals surface area contributed by atoms with Gasteiger partial charge in [-0.2, -0.15) is 0 Å². The number of hydrogen-bond donors (Lipinski definition) is 0. The predicted molar refractivity (Wildman–Crippen MR) is 73.0 cm³/mol. The van der Waals surface area contributed by atoms with Gasteiger partial charge in [-0.3, -0.25) is 0 Å². The second-order valence-electron chi connectivity index (χ2n) is 3.52. The van der Waals surface area contributed by atoms with Crippen molar-refractivity contribution in [3.8, 4) is 5.75 Å². The number of halogens is 2. The Morgan fingerprint density at radius 3 is 2.88 bits per heavy atom. The van der Waals surface area contributed by atoms with Crippen LogP contribution in [-0.2, 0) is 0 Å². The second-order valence-corrected chi connectivity index (χ2v) is 4.00. The van der Waals surface area contributed by atoms with Crippen LogP contribution in [-0.4, -0.2) is 12.3 Å². The number of ether oxygens (including phenoxy) is 1. The van der Waals surface area contributed by atoms with E-state index in [4.69, 9.17) is 4.74 Å². The molecule has 0 saturated heterocycles. The molecule has 0 heterocycles. The van der Waals surface area contributed by atoms with Crippen LogP contribution in [0.25, 0.3) is 0 Å². The zero-order valence-corrected chi connectivity index (χ0v) is 11.6. The van der Waals surface area contributed by atoms with Crippen molar-refractivity contribution in [2.24, 2.45) is 3.21 Å². The van der Waals surface area contributed by atoms with Gasteiger partial charge in [-0.25, -0.2) is 7.60 Å². The third-order valence-corrected chi connectivity index (χ3v) is 2.95. The van der Waals surface area contributed by atoms with Crippen LogP contribution >= 0.6 is 22.9 Å². The van der Waals surface area contributed by atoms with Gasteiger partial charge in [-0.1, -0.05) is 13.3 Å². The maximum absolute atomic E-state index is 13.4. The fourth-order valence-corrected chi connectivity index (χ4v) is 1.49. The Morgan fingerprint density at radius 2 is 2.25 bits per heavy atom. The van der Waals surface area contributed by atoms with E-state index in [1.807, 2.05) is 29.8 Å². The van der Waals surface area contributed by atoms with Gasteiger partial charge in [-0.05, 0) is 31.5 Å². The molecule has 0 aliphatic carbocycles. The van der Waals surface area contributed by atoms with Crippen LogP contribution in [0, 0.1) is 5.82 Å². The summed E-state index contributed by atoms with van der Waals surface area (Å²) in [5.41, 5.74) is 1.75. The fraction of sp³-hybridized carbons (Fsp3) is 0.417. The maximum Gasteiger partial charge on any atom is 0.165 e. The SMILES string of the molecule is CCCCOc1cc(/C(C)=N/I)ccc1F. The average molecular weight is 335 g/mol. The minimum Gasteiger partial charge on any atom is -0.490 e. The van der Waals surface area contributed by atoms with E-state index in [9.17, 15) is 4.39 Å². The van der Waals surface area contributed by atoms with Crippen molar-refractivity contribution in [2.45, 2.75) is 26.7 Å². The molecular weight excluding hydrogens is 320 g/mol. The normalized spacial score (nSPS) is 11.6. The van der Waals surface area contributed by atoms with E-state index < -0.39 is 0 Å². The Morgan fingerprint density at radius 1 is 1.50 bits per heavy atom. The number of unbranched alkanes of at least 4 members (excludes halogenated alkanes) is 1. The van der Waals surface area contributed by atoms with E-state index in [-0.39, 0.29) is 5.82 Å². The highest BCUT2D eigenvalue weighted by Crippen LogP contribution is 2.20. The summed E-state index contributed by atoms with van der Waals surface area (Å²) in [5.74, 6) is -0.00791. The van der Waals surface area contributed by atoms with Crippen LogP contribution in [0.1, 0.15) is 32.3 Å². The quantitative estimate of drug-likeness (QED) is 0.450. The highest BCUT2D eigenvalue weighted by Gasteiger charge is 2.06. The van der Waals surface area contributed by atoms with E-state index in [0.29, 0.717) is 12.4 Å². The summed E-state index contributed by atoms with van der Waals surface area (Å²) in [6.07, 6.45) is 1.97. The lowest BCUT2D eigenvalue weighted by molar-refractivity contribution is 0.294. The second kappa shape index (κ2) is 6.83. The summed E-state index contributed by atoms with van der Waals surface area (Å²) >= 11 is 1.93. The van der Waals surface area contributed by atoms with E-state index in [1.165, 1.54) is 6.07 Å². The van der Waals surface area contributed by atoms with Crippen molar-refractivity contribution < 1.29 is 9.13 Å². The van der Waals surface area contributed by atoms with E-state index in [1.54, 1.807) is 12.1 Å². The molecule has 4 heteroatoms. The Balaban J connectivity index is 2.82. The first-order chi connectivity index (χ1) is 7.69. The molecule has 1 rings (SSSR count). The largest absolute Gasteiger partial charge is 0.490 e. The maximum atomic E-state index is 13.4. The van der Waals surface area contributed by atoms with Gasteiger partial charge in [0.2, 0.25) is 0 Å². The minimum absolute atomic E-state index is 0.311. The molecule has 0 amide bonds. The molecule has 0 spiro atoms. The highest BCUT2D eigenvalue weighted by atomic mass is 127. The lowest BCUT2D eigenvalue weighted by Gasteiger charge is -2.08. The van der Waals surface area contributed by atoms with Crippen LogP contribution in [0.15, 0.2) is 21.4 Å². The number of nitrogens with zero attached hydrogens (tertiary/aromatic N) is 1. The van der Waals surface area contributed by atoms with E-state index in [0.717, 1.165) is 24.1 Å². The summed E-state index contributed by atoms with van der Waals surface area (Å²) in [4.78, 5) is 0. The Bertz CT molecular complexity index is 379. The van der Waals surface area contributed by atoms with Crippen LogP contribution in [0.3, 0.4) is 0 Å². The van der Waals surface area contributed by atoms with E-state index in [2.05, 4.69) is 10.1 Å². The zero-order valence-electron chi connectivity index (χ0n) is 9.46. The summed E-state index contributed by atoms with van der Waals surface area (Å²) < 4.78 is 22.8. The van der Waals surface area contributed by atoms with Crippen molar-refractivity contribution in [1.29, 1.82) is 0 Å². The number of benzene rings is 1. The van der Waals surface area contributed by atoms with Crippen molar-refractivity contribution in [3.63, 3.8) is 0 Å². The van der Waals surface area contributed by atoms with Crippen LogP contribution in [0.4, 0.5) is 4.39 Å². The third-order valence-electron chi connectivity index (χ3n) is 2.23. The lowest BCUT2D eigenvalue weighted by Crippen LogP contribution is -2.01. The summed E-state index contributed by atoms with van der Waals surface area (Å²) in [6, 6.07) is 4.82. The van der Waals surface area contributed by atoms with Gasteiger partial charge in [0.05, 0.1) is 35.2 Å². The monoisotopic (exact) mass is 335 g/mol. The molecule has 16 heavy (non-hydrogen) atoms. The topological polar surface area (TPSA) is 21.6 Å². The Kier molecular flexibility index (Phi) is 5.73. The minimum atomic E-state index is -0.318. The smallest absolute Gasteiger partial charge is 0.165 e. The van der Waals surface area contributed by atoms with Crippen molar-refractivity contribution in [2.75, 3.05) is 6.61 Å². The van der Waals surface area contributed by atoms with Crippen LogP contribution < -0.4 is 4.74 Å². The zero-order chi connectivity index (χ0) is 12.0. The van der Waals surface area contributed by atoms with Crippen LogP contribution in [0.2, 0.25) is 0 Å². The van der Waals surface area contributed by atoms with Gasteiger partial charge in [0.25, 0.3) is 0 Å². The third kappa shape index (κ3) is 3.73. The molecule has 88 valence electrons. The van der Waals surface area contributed by atoms with Gasteiger partial charge in [0.1, 0.15) is 0 Å². The van der Waals surface area contributed by atoms with Crippen molar-refractivity contribution in [3.05, 3.63) is 29.6 Å². The van der Waals surface area contributed by atoms with Crippen LogP contribution in [0.5, 0.6) is 5.75 Å². The van der Waals surface area contributed by atoms with Gasteiger partial charge >= 0.3 is 0 Å². The van der Waals surface area contributed by atoms with Gasteiger partial charge < -0.3 is 4.74 Å². The molecule has 0 N–H and O–H groups in total. The molecule has 0 unspecified atom stereocenters. The standard InChI is InChI=1S/C12H15FINO/c1-3-4-7-16-12-8-10(9(2)15-14)5-6-11(12)13/h5-6,8H,3-4,7H2,1-2H3/b15-9+. The Hall–Kier alpha value is -0.650. The molecule has 0 aliphatic rings. The average Bonchev–Trinajstić information content (AvgIpc) is 2.31. The van der Waals surface area contributed by atoms with Gasteiger partial charge in [0.15, 0.2) is 11.6 Å². The molecule has 2 nitrogen and oxygen atoms in total. The summed E-state index contributed by atoms with van der Waals surface area (Å²) in [7, 11) is 0. The molecular formula is C12H15FINO. The first-order valence-electron chi connectivity index (χ1n) is 5.27. The lowest BCUT2D eigenvalue weighted by atomic mass is 10.1. The van der Waals surface area contributed by atoms with Gasteiger partial charge in [0, 0.05) is 5.56 Å². The molecule has 0 saturated carbocycles. The first kappa shape index (κ1) is 13.4. The molecule has 0 bridgehead atoms. The predicted octanol–water partition coefficient (Wildman–Crippen LogP) is 4.16. The Labute approximate surface area is 109 Å². The summed E-state index contributed by atoms with van der Waals surface area (Å²) in [5, 5.41) is 0. The molecule has 1 aromatic carbocycles. The van der Waals surface area contributed by atoms with Crippen molar-refractivity contribution >= 4 is 28.6 Å². The molecule has 0 radical (unpaired) electrons. The molecule has 1 aromatic rings. The van der Waals surface area contributed by atoms with Crippen molar-refractivity contribution in [1.82, 2.24) is 0 Å². The number of rotatable bonds is 5. The highest BCUT2D eigenvalue weighted by molar-refractivity contribution is 14.1. The van der Waals surface area contributed by atoms with E-state index >= 15 is 0 Å². The molecule has 0 aliphatic heterocycles.